The minimum absolute atomic E-state index is 0.0901. The van der Waals surface area contributed by atoms with Crippen molar-refractivity contribution in [1.29, 1.82) is 0 Å². The molecule has 1 amide bonds. The molecule has 0 spiro atoms. The number of carbonyl (C=O) groups is 1. The molecule has 0 aliphatic carbocycles. The van der Waals surface area contributed by atoms with Gasteiger partial charge in [0.15, 0.2) is 6.23 Å². The predicted octanol–water partition coefficient (Wildman–Crippen LogP) is 0.112. The number of nitrogens with one attached hydrogen (secondary N) is 1. The van der Waals surface area contributed by atoms with Crippen LogP contribution < -0.4 is 10.2 Å². The van der Waals surface area contributed by atoms with E-state index in [-0.39, 0.29) is 29.8 Å². The second-order valence-electron chi connectivity index (χ2n) is 5.93. The van der Waals surface area contributed by atoms with Gasteiger partial charge >= 0.3 is 0 Å². The molecule has 1 saturated heterocycles. The molecule has 3 rings (SSSR count). The molecule has 0 radical (unpaired) electrons. The fourth-order valence-electron chi connectivity index (χ4n) is 2.65. The van der Waals surface area contributed by atoms with Crippen molar-refractivity contribution in [2.45, 2.75) is 12.1 Å². The fraction of sp³-hybridized carbons (Fsp3) is 0.235. The summed E-state index contributed by atoms with van der Waals surface area (Å²) in [5.41, 5.74) is 1.34. The molecule has 1 heterocycles. The maximum absolute atomic E-state index is 12.2. The van der Waals surface area contributed by atoms with Crippen molar-refractivity contribution in [3.63, 3.8) is 0 Å². The van der Waals surface area contributed by atoms with Gasteiger partial charge in [-0.3, -0.25) is 4.79 Å². The number of anilines is 2. The van der Waals surface area contributed by atoms with E-state index in [0.717, 1.165) is 0 Å². The normalized spacial score (nSPS) is 20.0. The number of rotatable bonds is 3. The Hall–Kier alpha value is -2.69. The summed E-state index contributed by atoms with van der Waals surface area (Å²) in [4.78, 5) is 13.5. The molecule has 1 unspecified atom stereocenters. The Morgan fingerprint density at radius 3 is 2.27 bits per heavy atom. The number of amides is 1. The van der Waals surface area contributed by atoms with Gasteiger partial charge in [-0.15, -0.1) is 5.06 Å². The van der Waals surface area contributed by atoms with E-state index >= 15 is 0 Å². The summed E-state index contributed by atoms with van der Waals surface area (Å²) in [5.74, 6) is -3.06. The first-order valence-electron chi connectivity index (χ1n) is 7.85. The number of carbonyl (C=O) groups excluding carboxylic acids is 1. The highest BCUT2D eigenvalue weighted by atomic mass is 16.7. The maximum Gasteiger partial charge on any atom is 0.294 e. The van der Waals surface area contributed by atoms with E-state index in [1.165, 1.54) is 29.2 Å². The van der Waals surface area contributed by atoms with Crippen LogP contribution in [0.1, 0.15) is 10.4 Å². The van der Waals surface area contributed by atoms with Gasteiger partial charge in [0.1, 0.15) is 5.75 Å². The van der Waals surface area contributed by atoms with Crippen molar-refractivity contribution < 1.29 is 30.4 Å². The van der Waals surface area contributed by atoms with E-state index in [9.17, 15) is 30.4 Å². The number of aliphatic hydroxyl groups excluding tert-OH is 1. The fourth-order valence-corrected chi connectivity index (χ4v) is 2.65. The van der Waals surface area contributed by atoms with Gasteiger partial charge in [-0.05, 0) is 48.5 Å². The summed E-state index contributed by atoms with van der Waals surface area (Å²) in [6.07, 6.45) is -1.77. The molecule has 0 saturated carbocycles. The van der Waals surface area contributed by atoms with Crippen molar-refractivity contribution in [2.24, 2.45) is 0 Å². The first kappa shape index (κ1) is 18.1. The summed E-state index contributed by atoms with van der Waals surface area (Å²) < 4.78 is 0. The van der Waals surface area contributed by atoms with Gasteiger partial charge < -0.3 is 35.9 Å². The summed E-state index contributed by atoms with van der Waals surface area (Å²) in [7, 11) is 0. The van der Waals surface area contributed by atoms with E-state index in [0.29, 0.717) is 16.9 Å². The monoisotopic (exact) mass is 361 g/mol. The van der Waals surface area contributed by atoms with Crippen LogP contribution in [-0.4, -0.2) is 61.8 Å². The maximum atomic E-state index is 12.2. The zero-order valence-electron chi connectivity index (χ0n) is 13.6. The van der Waals surface area contributed by atoms with Crippen LogP contribution in [0.2, 0.25) is 0 Å². The largest absolute Gasteiger partial charge is 0.508 e. The van der Waals surface area contributed by atoms with Crippen molar-refractivity contribution in [3.05, 3.63) is 54.1 Å². The zero-order valence-corrected chi connectivity index (χ0v) is 13.6. The topological polar surface area (TPSA) is 137 Å². The van der Waals surface area contributed by atoms with Crippen LogP contribution >= 0.6 is 0 Å². The van der Waals surface area contributed by atoms with Crippen molar-refractivity contribution in [1.82, 2.24) is 5.06 Å². The van der Waals surface area contributed by atoms with Crippen molar-refractivity contribution >= 4 is 17.3 Å². The Morgan fingerprint density at radius 1 is 1.04 bits per heavy atom. The number of aliphatic hydroxyl groups is 3. The number of phenolic OH excluding ortho intramolecular Hbond substituents is 1. The van der Waals surface area contributed by atoms with Crippen LogP contribution in [0.5, 0.6) is 5.75 Å². The highest BCUT2D eigenvalue weighted by Gasteiger charge is 2.47. The number of hydrogen-bond acceptors (Lipinski definition) is 8. The number of phenols is 1. The van der Waals surface area contributed by atoms with Gasteiger partial charge in [-0.2, -0.15) is 0 Å². The first-order chi connectivity index (χ1) is 12.3. The molecule has 26 heavy (non-hydrogen) atoms. The summed E-state index contributed by atoms with van der Waals surface area (Å²) in [5, 5.41) is 51.1. The number of nitrogens with zero attached hydrogens (tertiary/aromatic N) is 2. The molecule has 2 aromatic carbocycles. The van der Waals surface area contributed by atoms with E-state index in [1.807, 2.05) is 0 Å². The molecule has 1 atom stereocenters. The lowest BCUT2D eigenvalue weighted by Gasteiger charge is -2.45. The Bertz CT molecular complexity index is 778. The quantitative estimate of drug-likeness (QED) is 0.335. The Kier molecular flexibility index (Phi) is 4.81. The SMILES string of the molecule is O=C(Nc1ccc(O)cc1)c1ccc(N2CCN(O)C(O)(O)C2O)cc1. The Balaban J connectivity index is 1.72. The van der Waals surface area contributed by atoms with Crippen molar-refractivity contribution in [2.75, 3.05) is 23.3 Å². The lowest BCUT2D eigenvalue weighted by molar-refractivity contribution is -0.400. The van der Waals surface area contributed by atoms with Gasteiger partial charge in [-0.1, -0.05) is 0 Å². The van der Waals surface area contributed by atoms with Crippen molar-refractivity contribution in [3.8, 4) is 5.75 Å². The lowest BCUT2D eigenvalue weighted by Crippen LogP contribution is -2.67. The molecule has 138 valence electrons. The molecule has 1 fully saturated rings. The number of hydrogen-bond donors (Lipinski definition) is 6. The average molecular weight is 361 g/mol. The van der Waals surface area contributed by atoms with E-state index < -0.39 is 12.1 Å². The number of aromatic hydroxyl groups is 1. The third-order valence-corrected chi connectivity index (χ3v) is 4.16. The zero-order chi connectivity index (χ0) is 18.9. The molecule has 0 aromatic heterocycles. The van der Waals surface area contributed by atoms with E-state index in [2.05, 4.69) is 5.32 Å². The molecule has 6 N–H and O–H groups in total. The van der Waals surface area contributed by atoms with Gasteiger partial charge in [0, 0.05) is 30.0 Å². The average Bonchev–Trinajstić information content (AvgIpc) is 2.62. The van der Waals surface area contributed by atoms with Crippen LogP contribution in [0, 0.1) is 0 Å². The lowest BCUT2D eigenvalue weighted by atomic mass is 10.1. The second-order valence-corrected chi connectivity index (χ2v) is 5.93. The number of hydroxylamine groups is 2. The minimum Gasteiger partial charge on any atom is -0.508 e. The molecule has 1 aliphatic rings. The molecule has 2 aromatic rings. The van der Waals surface area contributed by atoms with Crippen LogP contribution in [0.4, 0.5) is 11.4 Å². The molecule has 9 nitrogen and oxygen atoms in total. The van der Waals surface area contributed by atoms with Gasteiger partial charge in [0.25, 0.3) is 11.8 Å². The third-order valence-electron chi connectivity index (χ3n) is 4.16. The van der Waals surface area contributed by atoms with Gasteiger partial charge in [0.05, 0.1) is 0 Å². The molecule has 1 aliphatic heterocycles. The standard InChI is InChI=1S/C17H19N3O6/c21-14-7-3-12(4-8-14)18-15(22)11-1-5-13(6-2-11)19-9-10-20(26)17(24,25)16(19)23/h1-8,16,21,23-26H,9-10H2,(H,18,22). The second kappa shape index (κ2) is 6.90. The number of piperazine rings is 1. The van der Waals surface area contributed by atoms with E-state index in [1.54, 1.807) is 24.3 Å². The molecule has 9 heteroatoms. The summed E-state index contributed by atoms with van der Waals surface area (Å²) in [6.45, 7) is 0.0622. The Labute approximate surface area is 148 Å². The summed E-state index contributed by atoms with van der Waals surface area (Å²) >= 11 is 0. The van der Waals surface area contributed by atoms with Gasteiger partial charge in [-0.25, -0.2) is 0 Å². The highest BCUT2D eigenvalue weighted by molar-refractivity contribution is 6.04. The summed E-state index contributed by atoms with van der Waals surface area (Å²) in [6, 6.07) is 12.2. The van der Waals surface area contributed by atoms with Crippen LogP contribution in [0.15, 0.2) is 48.5 Å². The van der Waals surface area contributed by atoms with E-state index in [4.69, 9.17) is 0 Å². The van der Waals surface area contributed by atoms with Gasteiger partial charge in [0.2, 0.25) is 0 Å². The van der Waals surface area contributed by atoms with Crippen LogP contribution in [0.3, 0.4) is 0 Å². The Morgan fingerprint density at radius 2 is 1.65 bits per heavy atom. The molecular formula is C17H19N3O6. The van der Waals surface area contributed by atoms with Crippen LogP contribution in [-0.2, 0) is 0 Å². The smallest absolute Gasteiger partial charge is 0.294 e. The third kappa shape index (κ3) is 3.47. The molecule has 0 bridgehead atoms. The number of benzene rings is 2. The minimum atomic E-state index is -2.80. The van der Waals surface area contributed by atoms with Crippen LogP contribution in [0.25, 0.3) is 0 Å². The first-order valence-corrected chi connectivity index (χ1v) is 7.85. The highest BCUT2D eigenvalue weighted by Crippen LogP contribution is 2.26. The predicted molar refractivity (Wildman–Crippen MR) is 91.5 cm³/mol. The molecular weight excluding hydrogens is 342 g/mol.